The fraction of sp³-hybridized carbons (Fsp3) is 0.818. The SMILES string of the molecule is CCN(CC)C(=O)CCC(=O)NCC(F)(F)CN. The third kappa shape index (κ3) is 6.48. The Hall–Kier alpha value is -1.24. The summed E-state index contributed by atoms with van der Waals surface area (Å²) < 4.78 is 25.5. The lowest BCUT2D eigenvalue weighted by atomic mass is 10.2. The van der Waals surface area contributed by atoms with Crippen LogP contribution in [0.4, 0.5) is 8.78 Å². The molecule has 5 nitrogen and oxygen atoms in total. The standard InChI is InChI=1S/C11H21F2N3O2/c1-3-16(4-2)10(18)6-5-9(17)15-8-11(12,13)7-14/h3-8,14H2,1-2H3,(H,15,17). The molecule has 0 aliphatic carbocycles. The van der Waals surface area contributed by atoms with Gasteiger partial charge in [0.1, 0.15) is 0 Å². The van der Waals surface area contributed by atoms with Crippen LogP contribution < -0.4 is 11.1 Å². The summed E-state index contributed by atoms with van der Waals surface area (Å²) in [6, 6.07) is 0. The summed E-state index contributed by atoms with van der Waals surface area (Å²) in [4.78, 5) is 24.4. The minimum atomic E-state index is -3.10. The van der Waals surface area contributed by atoms with E-state index in [9.17, 15) is 18.4 Å². The predicted octanol–water partition coefficient (Wildman–Crippen LogP) is 0.345. The fourth-order valence-electron chi connectivity index (χ4n) is 1.34. The number of carbonyl (C=O) groups excluding carboxylic acids is 2. The van der Waals surface area contributed by atoms with Gasteiger partial charge < -0.3 is 16.0 Å². The van der Waals surface area contributed by atoms with Crippen molar-refractivity contribution in [3.8, 4) is 0 Å². The molecule has 2 amide bonds. The van der Waals surface area contributed by atoms with Gasteiger partial charge in [-0.25, -0.2) is 8.78 Å². The Balaban J connectivity index is 3.94. The van der Waals surface area contributed by atoms with Gasteiger partial charge in [-0.3, -0.25) is 9.59 Å². The van der Waals surface area contributed by atoms with Gasteiger partial charge in [-0.1, -0.05) is 0 Å². The maximum Gasteiger partial charge on any atom is 0.277 e. The van der Waals surface area contributed by atoms with Gasteiger partial charge in [0.25, 0.3) is 5.92 Å². The third-order valence-corrected chi connectivity index (χ3v) is 2.52. The number of alkyl halides is 2. The molecule has 0 aromatic carbocycles. The normalized spacial score (nSPS) is 11.2. The van der Waals surface area contributed by atoms with Crippen LogP contribution in [0.3, 0.4) is 0 Å². The molecule has 0 aromatic rings. The lowest BCUT2D eigenvalue weighted by Gasteiger charge is -2.18. The Morgan fingerprint density at radius 1 is 1.22 bits per heavy atom. The van der Waals surface area contributed by atoms with Crippen LogP contribution >= 0.6 is 0 Å². The molecule has 0 fully saturated rings. The number of amides is 2. The van der Waals surface area contributed by atoms with Crippen molar-refractivity contribution in [2.75, 3.05) is 26.2 Å². The van der Waals surface area contributed by atoms with Crippen molar-refractivity contribution in [3.05, 3.63) is 0 Å². The molecule has 3 N–H and O–H groups in total. The molecule has 0 aliphatic rings. The van der Waals surface area contributed by atoms with E-state index in [1.807, 2.05) is 13.8 Å². The minimum Gasteiger partial charge on any atom is -0.350 e. The Kier molecular flexibility index (Phi) is 7.42. The van der Waals surface area contributed by atoms with Crippen molar-refractivity contribution in [3.63, 3.8) is 0 Å². The van der Waals surface area contributed by atoms with Crippen LogP contribution in [0.5, 0.6) is 0 Å². The van der Waals surface area contributed by atoms with Gasteiger partial charge in [0.2, 0.25) is 11.8 Å². The molecule has 0 bridgehead atoms. The summed E-state index contributed by atoms with van der Waals surface area (Å²) in [7, 11) is 0. The van der Waals surface area contributed by atoms with E-state index < -0.39 is 24.9 Å². The van der Waals surface area contributed by atoms with Crippen LogP contribution in [0.15, 0.2) is 0 Å². The van der Waals surface area contributed by atoms with Crippen molar-refractivity contribution < 1.29 is 18.4 Å². The average Bonchev–Trinajstić information content (AvgIpc) is 2.35. The molecule has 0 unspecified atom stereocenters. The van der Waals surface area contributed by atoms with Crippen LogP contribution in [0.2, 0.25) is 0 Å². The van der Waals surface area contributed by atoms with Gasteiger partial charge >= 0.3 is 0 Å². The monoisotopic (exact) mass is 265 g/mol. The molecule has 0 rings (SSSR count). The van der Waals surface area contributed by atoms with Gasteiger partial charge in [0.15, 0.2) is 0 Å². The highest BCUT2D eigenvalue weighted by atomic mass is 19.3. The zero-order valence-corrected chi connectivity index (χ0v) is 10.8. The molecule has 0 atom stereocenters. The van der Waals surface area contributed by atoms with E-state index in [2.05, 4.69) is 5.32 Å². The van der Waals surface area contributed by atoms with E-state index >= 15 is 0 Å². The van der Waals surface area contributed by atoms with E-state index in [4.69, 9.17) is 5.73 Å². The zero-order chi connectivity index (χ0) is 14.2. The molecule has 0 spiro atoms. The number of hydrogen-bond donors (Lipinski definition) is 2. The Labute approximate surface area is 106 Å². The molecule has 0 aromatic heterocycles. The molecule has 0 aliphatic heterocycles. The molecule has 0 radical (unpaired) electrons. The maximum atomic E-state index is 12.7. The number of nitrogens with zero attached hydrogens (tertiary/aromatic N) is 1. The lowest BCUT2D eigenvalue weighted by Crippen LogP contribution is -2.41. The van der Waals surface area contributed by atoms with E-state index in [1.54, 1.807) is 4.90 Å². The first-order valence-corrected chi connectivity index (χ1v) is 5.98. The molecule has 0 heterocycles. The van der Waals surface area contributed by atoms with Gasteiger partial charge in [0.05, 0.1) is 13.1 Å². The summed E-state index contributed by atoms with van der Waals surface area (Å²) in [5.74, 6) is -3.82. The highest BCUT2D eigenvalue weighted by molar-refractivity contribution is 5.83. The van der Waals surface area contributed by atoms with Crippen LogP contribution in [-0.2, 0) is 9.59 Å². The third-order valence-electron chi connectivity index (χ3n) is 2.52. The number of rotatable bonds is 8. The summed E-state index contributed by atoms with van der Waals surface area (Å²) in [6.07, 6.45) is -0.0578. The highest BCUT2D eigenvalue weighted by Gasteiger charge is 2.27. The second-order valence-corrected chi connectivity index (χ2v) is 3.90. The summed E-state index contributed by atoms with van der Waals surface area (Å²) in [5, 5.41) is 2.06. The van der Waals surface area contributed by atoms with E-state index in [0.29, 0.717) is 13.1 Å². The van der Waals surface area contributed by atoms with Crippen LogP contribution in [0.25, 0.3) is 0 Å². The molecule has 0 saturated heterocycles. The van der Waals surface area contributed by atoms with Gasteiger partial charge in [-0.05, 0) is 13.8 Å². The Morgan fingerprint density at radius 3 is 2.22 bits per heavy atom. The quantitative estimate of drug-likeness (QED) is 0.664. The van der Waals surface area contributed by atoms with Gasteiger partial charge in [-0.15, -0.1) is 0 Å². The number of nitrogens with one attached hydrogen (secondary N) is 1. The minimum absolute atomic E-state index is 0.0295. The molecule has 106 valence electrons. The fourth-order valence-corrected chi connectivity index (χ4v) is 1.34. The van der Waals surface area contributed by atoms with E-state index in [1.165, 1.54) is 0 Å². The Bertz CT molecular complexity index is 281. The summed E-state index contributed by atoms with van der Waals surface area (Å²) >= 11 is 0. The summed E-state index contributed by atoms with van der Waals surface area (Å²) in [5.41, 5.74) is 4.83. The second kappa shape index (κ2) is 7.97. The van der Waals surface area contributed by atoms with Crippen molar-refractivity contribution in [1.82, 2.24) is 10.2 Å². The van der Waals surface area contributed by atoms with Crippen molar-refractivity contribution in [1.29, 1.82) is 0 Å². The van der Waals surface area contributed by atoms with E-state index in [0.717, 1.165) is 0 Å². The number of carbonyl (C=O) groups is 2. The largest absolute Gasteiger partial charge is 0.350 e. The average molecular weight is 265 g/mol. The zero-order valence-electron chi connectivity index (χ0n) is 10.8. The molecular weight excluding hydrogens is 244 g/mol. The van der Waals surface area contributed by atoms with E-state index in [-0.39, 0.29) is 18.7 Å². The smallest absolute Gasteiger partial charge is 0.277 e. The first-order valence-electron chi connectivity index (χ1n) is 5.98. The van der Waals surface area contributed by atoms with Crippen molar-refractivity contribution in [2.24, 2.45) is 5.73 Å². The van der Waals surface area contributed by atoms with Crippen LogP contribution in [0.1, 0.15) is 26.7 Å². The highest BCUT2D eigenvalue weighted by Crippen LogP contribution is 2.08. The maximum absolute atomic E-state index is 12.7. The molecule has 0 saturated carbocycles. The molecular formula is C11H21F2N3O2. The number of hydrogen-bond acceptors (Lipinski definition) is 3. The van der Waals surface area contributed by atoms with Gasteiger partial charge in [0, 0.05) is 25.9 Å². The number of halogens is 2. The predicted molar refractivity (Wildman–Crippen MR) is 64.2 cm³/mol. The lowest BCUT2D eigenvalue weighted by molar-refractivity contribution is -0.133. The van der Waals surface area contributed by atoms with Crippen molar-refractivity contribution >= 4 is 11.8 Å². The van der Waals surface area contributed by atoms with Crippen molar-refractivity contribution in [2.45, 2.75) is 32.6 Å². The first kappa shape index (κ1) is 16.8. The van der Waals surface area contributed by atoms with Crippen LogP contribution in [-0.4, -0.2) is 48.8 Å². The molecule has 7 heteroatoms. The molecule has 18 heavy (non-hydrogen) atoms. The topological polar surface area (TPSA) is 75.4 Å². The van der Waals surface area contributed by atoms with Crippen LogP contribution in [0, 0.1) is 0 Å². The summed E-state index contributed by atoms with van der Waals surface area (Å²) in [6.45, 7) is 3.21. The second-order valence-electron chi connectivity index (χ2n) is 3.90. The first-order chi connectivity index (χ1) is 8.36. The van der Waals surface area contributed by atoms with Gasteiger partial charge in [-0.2, -0.15) is 0 Å². The number of nitrogens with two attached hydrogens (primary N) is 1. The Morgan fingerprint density at radius 2 is 1.78 bits per heavy atom.